The highest BCUT2D eigenvalue weighted by molar-refractivity contribution is 5.88. The van der Waals surface area contributed by atoms with Crippen LogP contribution in [0.2, 0.25) is 0 Å². The zero-order valence-corrected chi connectivity index (χ0v) is 27.4. The van der Waals surface area contributed by atoms with Gasteiger partial charge in [-0.2, -0.15) is 0 Å². The van der Waals surface area contributed by atoms with E-state index in [0.29, 0.717) is 30.8 Å². The van der Waals surface area contributed by atoms with E-state index in [1.54, 1.807) is 0 Å². The smallest absolute Gasteiger partial charge is 0.337 e. The number of aromatic nitrogens is 1. The van der Waals surface area contributed by atoms with Crippen LogP contribution in [-0.2, 0) is 29.0 Å². The van der Waals surface area contributed by atoms with Gasteiger partial charge in [0.25, 0.3) is 0 Å². The number of anilines is 1. The van der Waals surface area contributed by atoms with Crippen LogP contribution in [0.3, 0.4) is 0 Å². The van der Waals surface area contributed by atoms with E-state index in [9.17, 15) is 23.8 Å². The van der Waals surface area contributed by atoms with E-state index in [1.807, 2.05) is 39.5 Å². The minimum atomic E-state index is -1.18. The Labute approximate surface area is 264 Å². The summed E-state index contributed by atoms with van der Waals surface area (Å²) in [6, 6.07) is 8.04. The van der Waals surface area contributed by atoms with Crippen molar-refractivity contribution >= 4 is 11.7 Å². The molecule has 1 fully saturated rings. The Kier molecular flexibility index (Phi) is 8.99. The molecule has 0 amide bonds. The van der Waals surface area contributed by atoms with E-state index in [0.717, 1.165) is 71.7 Å². The quantitative estimate of drug-likeness (QED) is 0.283. The first-order chi connectivity index (χ1) is 21.0. The van der Waals surface area contributed by atoms with Crippen LogP contribution in [0.4, 0.5) is 14.5 Å². The minimum absolute atomic E-state index is 0.0881. The number of halogens is 2. The van der Waals surface area contributed by atoms with Crippen molar-refractivity contribution in [3.05, 3.63) is 75.6 Å². The number of aliphatic carboxylic acids is 1. The number of ether oxygens (including phenoxy) is 1. The van der Waals surface area contributed by atoms with Crippen LogP contribution < -0.4 is 4.90 Å². The molecule has 2 aromatic carbocycles. The topological polar surface area (TPSA) is 86.1 Å². The van der Waals surface area contributed by atoms with Crippen molar-refractivity contribution in [1.29, 1.82) is 0 Å². The highest BCUT2D eigenvalue weighted by atomic mass is 19.1. The molecule has 1 saturated heterocycles. The van der Waals surface area contributed by atoms with Gasteiger partial charge in [0.05, 0.1) is 11.3 Å². The van der Waals surface area contributed by atoms with Gasteiger partial charge >= 0.3 is 5.97 Å². The third-order valence-electron chi connectivity index (χ3n) is 9.07. The number of fused-ring (bicyclic) bond motifs is 1. The lowest BCUT2D eigenvalue weighted by Gasteiger charge is -2.41. The number of hydrogen-bond donors (Lipinski definition) is 2. The maximum atomic E-state index is 14.5. The lowest BCUT2D eigenvalue weighted by molar-refractivity contribution is -0.160. The Morgan fingerprint density at radius 1 is 1.04 bits per heavy atom. The summed E-state index contributed by atoms with van der Waals surface area (Å²) in [6.45, 7) is 16.9. The van der Waals surface area contributed by atoms with E-state index in [2.05, 4.69) is 36.9 Å². The molecular weight excluding hydrogens is 576 g/mol. The summed E-state index contributed by atoms with van der Waals surface area (Å²) in [5, 5.41) is 20.6. The third-order valence-corrected chi connectivity index (χ3v) is 9.07. The molecule has 0 bridgehead atoms. The summed E-state index contributed by atoms with van der Waals surface area (Å²) in [4.78, 5) is 22.0. The molecule has 0 saturated carbocycles. The van der Waals surface area contributed by atoms with Gasteiger partial charge in [0.15, 0.2) is 6.10 Å². The molecule has 1 aromatic heterocycles. The number of hydrogen-bond acceptors (Lipinski definition) is 6. The summed E-state index contributed by atoms with van der Waals surface area (Å²) < 4.78 is 34.2. The molecule has 0 aliphatic carbocycles. The molecule has 2 N–H and O–H groups in total. The molecule has 1 atom stereocenters. The molecule has 242 valence electrons. The second-order valence-electron chi connectivity index (χ2n) is 14.3. The molecule has 2 aliphatic rings. The molecular formula is C36H45F2N3O4. The lowest BCUT2D eigenvalue weighted by atomic mass is 9.81. The number of rotatable bonds is 7. The van der Waals surface area contributed by atoms with Gasteiger partial charge in [-0.15, -0.1) is 0 Å². The second kappa shape index (κ2) is 12.3. The van der Waals surface area contributed by atoms with E-state index < -0.39 is 29.3 Å². The van der Waals surface area contributed by atoms with Crippen LogP contribution in [0.5, 0.6) is 5.75 Å². The fourth-order valence-corrected chi connectivity index (χ4v) is 6.63. The highest BCUT2D eigenvalue weighted by Crippen LogP contribution is 2.45. The van der Waals surface area contributed by atoms with Crippen molar-refractivity contribution in [3.8, 4) is 16.9 Å². The third kappa shape index (κ3) is 7.15. The number of aromatic hydroxyl groups is 1. The molecule has 3 heterocycles. The zero-order valence-electron chi connectivity index (χ0n) is 27.4. The number of carboxylic acid groups (broad SMARTS) is 1. The van der Waals surface area contributed by atoms with Crippen LogP contribution in [-0.4, -0.2) is 51.3 Å². The number of pyridine rings is 1. The van der Waals surface area contributed by atoms with Crippen molar-refractivity contribution in [1.82, 2.24) is 9.88 Å². The number of phenolic OH excluding ortho intramolecular Hbond substituents is 1. The fourth-order valence-electron chi connectivity index (χ4n) is 6.63. The minimum Gasteiger partial charge on any atom is -0.507 e. The normalized spacial score (nSPS) is 17.7. The molecule has 5 rings (SSSR count). The van der Waals surface area contributed by atoms with Crippen LogP contribution in [0.1, 0.15) is 87.2 Å². The number of phenols is 1. The largest absolute Gasteiger partial charge is 0.507 e. The first kappa shape index (κ1) is 32.8. The highest BCUT2D eigenvalue weighted by Gasteiger charge is 2.36. The first-order valence-electron chi connectivity index (χ1n) is 15.7. The monoisotopic (exact) mass is 621 g/mol. The van der Waals surface area contributed by atoms with Crippen molar-refractivity contribution in [2.24, 2.45) is 5.41 Å². The molecule has 0 unspecified atom stereocenters. The van der Waals surface area contributed by atoms with Crippen molar-refractivity contribution in [2.75, 3.05) is 24.5 Å². The molecule has 7 nitrogen and oxygen atoms in total. The maximum Gasteiger partial charge on any atom is 0.337 e. The number of nitrogens with zero attached hydrogens (tertiary/aromatic N) is 3. The van der Waals surface area contributed by atoms with Gasteiger partial charge in [0.2, 0.25) is 0 Å². The van der Waals surface area contributed by atoms with Crippen LogP contribution in [0, 0.1) is 30.9 Å². The van der Waals surface area contributed by atoms with Gasteiger partial charge in [-0.05, 0) is 76.0 Å². The van der Waals surface area contributed by atoms with Gasteiger partial charge in [-0.25, -0.2) is 13.6 Å². The molecule has 3 aromatic rings. The standard InChI is InChI=1S/C36H45F2N3O4/c1-21-30(24-8-9-25-19-40(13-10-23(25)16-24)20-27-28(38)17-26(37)18-29(27)42)32(41-14-11-36(6,7)12-15-41)31(22(2)39-21)33(34(43)44)45-35(3,4)5/h8-9,16-18,33,42H,10-15,19-20H2,1-7H3,(H,43,44)/t33-/m0/s1. The van der Waals surface area contributed by atoms with E-state index >= 15 is 0 Å². The summed E-state index contributed by atoms with van der Waals surface area (Å²) >= 11 is 0. The number of carboxylic acids is 1. The Morgan fingerprint density at radius 3 is 2.36 bits per heavy atom. The average Bonchev–Trinajstić information content (AvgIpc) is 2.93. The zero-order chi connectivity index (χ0) is 32.8. The van der Waals surface area contributed by atoms with E-state index in [4.69, 9.17) is 9.72 Å². The van der Waals surface area contributed by atoms with Gasteiger partial charge in [0, 0.05) is 72.9 Å². The number of carbonyl (C=O) groups is 1. The molecule has 2 aliphatic heterocycles. The predicted molar refractivity (Wildman–Crippen MR) is 171 cm³/mol. The summed E-state index contributed by atoms with van der Waals surface area (Å²) in [5.74, 6) is -2.98. The summed E-state index contributed by atoms with van der Waals surface area (Å²) in [7, 11) is 0. The fraction of sp³-hybridized carbons (Fsp3) is 0.500. The van der Waals surface area contributed by atoms with Crippen molar-refractivity contribution in [3.63, 3.8) is 0 Å². The maximum absolute atomic E-state index is 14.5. The van der Waals surface area contributed by atoms with Gasteiger partial charge < -0.3 is 19.8 Å². The Morgan fingerprint density at radius 2 is 1.73 bits per heavy atom. The lowest BCUT2D eigenvalue weighted by Crippen LogP contribution is -2.39. The van der Waals surface area contributed by atoms with Crippen LogP contribution in [0.25, 0.3) is 11.1 Å². The van der Waals surface area contributed by atoms with Crippen LogP contribution in [0.15, 0.2) is 30.3 Å². The SMILES string of the molecule is Cc1nc(C)c([C@H](OC(C)(C)C)C(=O)O)c(N2CCC(C)(C)CC2)c1-c1ccc2c(c1)CCN(Cc1c(O)cc(F)cc1F)C2. The molecule has 9 heteroatoms. The Bertz CT molecular complexity index is 1580. The summed E-state index contributed by atoms with van der Waals surface area (Å²) in [5.41, 5.74) is 6.69. The van der Waals surface area contributed by atoms with Crippen molar-refractivity contribution < 1.29 is 28.5 Å². The molecule has 45 heavy (non-hydrogen) atoms. The van der Waals surface area contributed by atoms with Crippen LogP contribution >= 0.6 is 0 Å². The van der Waals surface area contributed by atoms with E-state index in [-0.39, 0.29) is 23.3 Å². The molecule has 0 radical (unpaired) electrons. The summed E-state index contributed by atoms with van der Waals surface area (Å²) in [6.07, 6.45) is 1.48. The average molecular weight is 622 g/mol. The molecule has 0 spiro atoms. The first-order valence-corrected chi connectivity index (χ1v) is 15.7. The Balaban J connectivity index is 1.56. The van der Waals surface area contributed by atoms with E-state index in [1.165, 1.54) is 0 Å². The number of aryl methyl sites for hydroxylation is 2. The number of piperidine rings is 1. The van der Waals surface area contributed by atoms with Gasteiger partial charge in [0.1, 0.15) is 17.4 Å². The predicted octanol–water partition coefficient (Wildman–Crippen LogP) is 7.47. The Hall–Kier alpha value is -3.56. The van der Waals surface area contributed by atoms with Gasteiger partial charge in [-0.3, -0.25) is 9.88 Å². The number of benzene rings is 2. The van der Waals surface area contributed by atoms with Crippen molar-refractivity contribution in [2.45, 2.75) is 92.5 Å². The second-order valence-corrected chi connectivity index (χ2v) is 14.3. The van der Waals surface area contributed by atoms with Gasteiger partial charge in [-0.1, -0.05) is 32.0 Å².